The van der Waals surface area contributed by atoms with E-state index in [2.05, 4.69) is 4.98 Å². The van der Waals surface area contributed by atoms with Crippen molar-refractivity contribution >= 4 is 55.2 Å². The van der Waals surface area contributed by atoms with Gasteiger partial charge in [-0.2, -0.15) is 4.31 Å². The number of carbonyl (C=O) groups excluding carboxylic acids is 2. The predicted octanol–water partition coefficient (Wildman–Crippen LogP) is 5.46. The molecule has 1 aromatic heterocycles. The summed E-state index contributed by atoms with van der Waals surface area (Å²) < 4.78 is 35.1. The third kappa shape index (κ3) is 8.81. The first-order valence-corrected chi connectivity index (χ1v) is 18.0. The number of aliphatic hydroxyl groups is 1. The highest BCUT2D eigenvalue weighted by atomic mass is 35.5. The maximum absolute atomic E-state index is 14.0. The number of fused-ring (bicyclic) bond motifs is 1. The monoisotopic (exact) mass is 678 g/mol. The van der Waals surface area contributed by atoms with Crippen LogP contribution in [0.3, 0.4) is 0 Å². The smallest absolute Gasteiger partial charge is 0.416 e. The number of amides is 2. The number of hydrogen-bond donors (Lipinski definition) is 2. The van der Waals surface area contributed by atoms with Gasteiger partial charge in [-0.1, -0.05) is 43.6 Å². The minimum absolute atomic E-state index is 0.0973. The summed E-state index contributed by atoms with van der Waals surface area (Å²) in [6.07, 6.45) is 2.94. The van der Waals surface area contributed by atoms with Crippen molar-refractivity contribution in [2.45, 2.75) is 81.8 Å². The van der Waals surface area contributed by atoms with Crippen LogP contribution in [-0.4, -0.2) is 78.1 Å². The molecule has 4 rings (SSSR count). The van der Waals surface area contributed by atoms with Crippen LogP contribution in [0.15, 0.2) is 52.9 Å². The van der Waals surface area contributed by atoms with Crippen molar-refractivity contribution in [3.63, 3.8) is 0 Å². The van der Waals surface area contributed by atoms with E-state index in [0.717, 1.165) is 28.0 Å². The first kappa shape index (κ1) is 35.2. The zero-order valence-electron chi connectivity index (χ0n) is 26.0. The molecule has 2 aromatic carbocycles. The van der Waals surface area contributed by atoms with Gasteiger partial charge in [-0.15, -0.1) is 11.3 Å². The summed E-state index contributed by atoms with van der Waals surface area (Å²) in [6.45, 7) is 3.94. The van der Waals surface area contributed by atoms with Crippen molar-refractivity contribution < 1.29 is 27.9 Å². The van der Waals surface area contributed by atoms with Gasteiger partial charge < -0.3 is 15.6 Å². The zero-order chi connectivity index (χ0) is 32.7. The molecule has 1 heterocycles. The Bertz CT molecular complexity index is 1560. The van der Waals surface area contributed by atoms with Crippen LogP contribution in [0, 0.1) is 11.8 Å². The first-order chi connectivity index (χ1) is 21.5. The highest BCUT2D eigenvalue weighted by molar-refractivity contribution is 7.89. The number of sulfonamides is 1. The van der Waals surface area contributed by atoms with E-state index < -0.39 is 40.1 Å². The van der Waals surface area contributed by atoms with E-state index in [-0.39, 0.29) is 36.3 Å². The first-order valence-electron chi connectivity index (χ1n) is 15.3. The van der Waals surface area contributed by atoms with Gasteiger partial charge in [0.25, 0.3) is 0 Å². The molecule has 0 aliphatic heterocycles. The molecule has 3 atom stereocenters. The number of aromatic nitrogens is 1. The second-order valence-electron chi connectivity index (χ2n) is 12.0. The quantitative estimate of drug-likeness (QED) is 0.203. The molecule has 1 aliphatic carbocycles. The van der Waals surface area contributed by atoms with Crippen molar-refractivity contribution in [3.05, 3.63) is 58.6 Å². The minimum atomic E-state index is -3.94. The van der Waals surface area contributed by atoms with Crippen LogP contribution in [0.25, 0.3) is 10.2 Å². The summed E-state index contributed by atoms with van der Waals surface area (Å²) in [6, 6.07) is 9.84. The lowest BCUT2D eigenvalue weighted by atomic mass is 9.99. The summed E-state index contributed by atoms with van der Waals surface area (Å²) in [7, 11) is -2.71. The molecule has 2 amide bonds. The van der Waals surface area contributed by atoms with E-state index in [1.54, 1.807) is 41.9 Å². The number of benzene rings is 2. The maximum atomic E-state index is 14.0. The summed E-state index contributed by atoms with van der Waals surface area (Å²) in [5, 5.41) is 11.0. The summed E-state index contributed by atoms with van der Waals surface area (Å²) in [5.74, 6) is -0.197. The Balaban J connectivity index is 1.51. The third-order valence-corrected chi connectivity index (χ3v) is 11.4. The molecule has 3 N–H and O–H groups in total. The van der Waals surface area contributed by atoms with Crippen LogP contribution >= 0.6 is 22.9 Å². The van der Waals surface area contributed by atoms with E-state index >= 15 is 0 Å². The van der Waals surface area contributed by atoms with Crippen LogP contribution in [-0.2, 0) is 26.0 Å². The molecule has 10 nitrogen and oxygen atoms in total. The summed E-state index contributed by atoms with van der Waals surface area (Å²) in [5.41, 5.74) is 9.44. The number of nitrogens with two attached hydrogens (primary N) is 1. The highest BCUT2D eigenvalue weighted by Gasteiger charge is 2.42. The molecule has 0 spiro atoms. The lowest BCUT2D eigenvalue weighted by Gasteiger charge is -2.33. The van der Waals surface area contributed by atoms with Gasteiger partial charge in [0.05, 0.1) is 40.4 Å². The van der Waals surface area contributed by atoms with Gasteiger partial charge in [-0.05, 0) is 86.6 Å². The molecule has 1 fully saturated rings. The van der Waals surface area contributed by atoms with Crippen LogP contribution in [0.5, 0.6) is 0 Å². The Hall–Kier alpha value is -2.61. The minimum Gasteiger partial charge on any atom is -0.452 e. The number of rotatable bonds is 16. The number of carbonyl (C=O) groups is 2. The molecule has 3 aromatic rings. The van der Waals surface area contributed by atoms with Crippen molar-refractivity contribution in [3.8, 4) is 0 Å². The molecule has 0 saturated heterocycles. The van der Waals surface area contributed by atoms with Gasteiger partial charge in [-0.3, -0.25) is 4.79 Å². The topological polar surface area (TPSA) is 143 Å². The molecule has 0 bridgehead atoms. The van der Waals surface area contributed by atoms with Gasteiger partial charge in [0.15, 0.2) is 0 Å². The second-order valence-corrected chi connectivity index (χ2v) is 15.2. The number of ether oxygens (including phenoxy) is 1. The van der Waals surface area contributed by atoms with Crippen LogP contribution in [0.2, 0.25) is 5.02 Å². The van der Waals surface area contributed by atoms with Crippen LogP contribution in [0.4, 0.5) is 4.79 Å². The fourth-order valence-corrected chi connectivity index (χ4v) is 8.31. The average molecular weight is 679 g/mol. The van der Waals surface area contributed by atoms with Crippen molar-refractivity contribution in [2.24, 2.45) is 17.6 Å². The largest absolute Gasteiger partial charge is 0.452 e. The Labute approximate surface area is 274 Å². The van der Waals surface area contributed by atoms with Gasteiger partial charge in [0.2, 0.25) is 15.9 Å². The van der Waals surface area contributed by atoms with Crippen LogP contribution in [0.1, 0.15) is 57.9 Å². The Morgan fingerprint density at radius 1 is 1.16 bits per heavy atom. The van der Waals surface area contributed by atoms with E-state index in [9.17, 15) is 23.1 Å². The zero-order valence-corrected chi connectivity index (χ0v) is 28.4. The number of halogens is 1. The molecular formula is C32H43ClN4O6S2. The second kappa shape index (κ2) is 15.8. The summed E-state index contributed by atoms with van der Waals surface area (Å²) >= 11 is 7.66. The molecule has 0 radical (unpaired) electrons. The van der Waals surface area contributed by atoms with Crippen molar-refractivity contribution in [1.82, 2.24) is 14.2 Å². The maximum Gasteiger partial charge on any atom is 0.416 e. The SMILES string of the molecule is COC(=O)N(C(=O)[C@@H](N)Cc1ccccc1Cl)[C@H](CCC[C@@H](CO)N(CCC(C)C)S(=O)(=O)c1ccc2ncsc2c1)C1CC1. The Morgan fingerprint density at radius 3 is 2.53 bits per heavy atom. The number of aliphatic hydroxyl groups excluding tert-OH is 1. The average Bonchev–Trinajstić information content (AvgIpc) is 3.75. The molecule has 13 heteroatoms. The number of hydrogen-bond acceptors (Lipinski definition) is 9. The molecule has 45 heavy (non-hydrogen) atoms. The fraction of sp³-hybridized carbons (Fsp3) is 0.531. The van der Waals surface area contributed by atoms with E-state index in [1.165, 1.54) is 22.8 Å². The van der Waals surface area contributed by atoms with Gasteiger partial charge in [-0.25, -0.2) is 23.1 Å². The number of imide groups is 1. The normalized spacial score (nSPS) is 15.7. The molecule has 246 valence electrons. The Kier molecular flexibility index (Phi) is 12.4. The van der Waals surface area contributed by atoms with Crippen LogP contribution < -0.4 is 5.73 Å². The van der Waals surface area contributed by atoms with Crippen molar-refractivity contribution in [1.29, 1.82) is 0 Å². The number of nitrogens with zero attached hydrogens (tertiary/aromatic N) is 3. The number of thiazole rings is 1. The molecule has 1 aliphatic rings. The molecule has 0 unspecified atom stereocenters. The Morgan fingerprint density at radius 2 is 1.89 bits per heavy atom. The van der Waals surface area contributed by atoms with Gasteiger partial charge in [0, 0.05) is 23.7 Å². The lowest BCUT2D eigenvalue weighted by molar-refractivity contribution is -0.133. The van der Waals surface area contributed by atoms with E-state index in [1.807, 2.05) is 19.9 Å². The standard InChI is InChI=1S/C32H43ClN4O6S2/c1-21(2)15-16-36(45(41,42)25-13-14-28-30(18-25)44-20-35-28)24(19-38)8-6-10-29(22-11-12-22)37(32(40)43-3)31(39)27(34)17-23-7-4-5-9-26(23)33/h4-5,7,9,13-14,18,20-22,24,27,29,38H,6,8,10-12,15-17,19,34H2,1-3H3/t24-,27-,29+/m0/s1. The van der Waals surface area contributed by atoms with E-state index in [4.69, 9.17) is 22.1 Å². The fourth-order valence-electron chi connectivity index (χ4n) is 5.62. The molecular weight excluding hydrogens is 636 g/mol. The number of methoxy groups -OCH3 is 1. The third-order valence-electron chi connectivity index (χ3n) is 8.31. The lowest BCUT2D eigenvalue weighted by Crippen LogP contribution is -2.53. The summed E-state index contributed by atoms with van der Waals surface area (Å²) in [4.78, 5) is 32.2. The van der Waals surface area contributed by atoms with Gasteiger partial charge >= 0.3 is 6.09 Å². The van der Waals surface area contributed by atoms with Crippen molar-refractivity contribution in [2.75, 3.05) is 20.3 Å². The molecule has 1 saturated carbocycles. The highest BCUT2D eigenvalue weighted by Crippen LogP contribution is 2.39. The van der Waals surface area contributed by atoms with E-state index in [0.29, 0.717) is 36.3 Å². The predicted molar refractivity (Wildman–Crippen MR) is 177 cm³/mol. The van der Waals surface area contributed by atoms with Gasteiger partial charge in [0.1, 0.15) is 0 Å².